The Morgan fingerprint density at radius 1 is 1.29 bits per heavy atom. The molecule has 24 heavy (non-hydrogen) atoms. The summed E-state index contributed by atoms with van der Waals surface area (Å²) < 4.78 is 6.14. The van der Waals surface area contributed by atoms with Gasteiger partial charge in [-0.1, -0.05) is 18.6 Å². The summed E-state index contributed by atoms with van der Waals surface area (Å²) in [6, 6.07) is 0. The molecule has 1 N–H and O–H groups in total. The van der Waals surface area contributed by atoms with E-state index in [2.05, 4.69) is 13.0 Å². The van der Waals surface area contributed by atoms with E-state index in [-0.39, 0.29) is 28.6 Å². The standard InChI is InChI=1S/C20H26O4/c1-11-4-7-20-12-5-6-17(2)8-9-19(12,10-17)13(15(21)22)14(20)18(11,3)16(23)24-20/h4,12-14H,5-10H2,1-3H3,(H,21,22)/t12-,13-,14-,17-,18-,19-,20-/m1/s1. The molecular formula is C20H26O4. The van der Waals surface area contributed by atoms with Gasteiger partial charge in [0.2, 0.25) is 0 Å². The van der Waals surface area contributed by atoms with Crippen molar-refractivity contribution in [3.8, 4) is 0 Å². The van der Waals surface area contributed by atoms with Gasteiger partial charge >= 0.3 is 11.9 Å². The fourth-order valence-electron chi connectivity index (χ4n) is 7.83. The second-order valence-corrected chi connectivity index (χ2v) is 9.74. The van der Waals surface area contributed by atoms with Crippen molar-refractivity contribution in [2.45, 2.75) is 64.9 Å². The van der Waals surface area contributed by atoms with Crippen molar-refractivity contribution in [1.82, 2.24) is 0 Å². The first-order valence-electron chi connectivity index (χ1n) is 9.33. The average molecular weight is 330 g/mol. The first-order chi connectivity index (χ1) is 11.2. The molecule has 0 unspecified atom stereocenters. The number of hydrogen-bond acceptors (Lipinski definition) is 3. The highest BCUT2D eigenvalue weighted by Gasteiger charge is 2.82. The summed E-state index contributed by atoms with van der Waals surface area (Å²) in [5.41, 5.74) is -0.218. The summed E-state index contributed by atoms with van der Waals surface area (Å²) in [4.78, 5) is 25.3. The average Bonchev–Trinajstić information content (AvgIpc) is 2.98. The monoisotopic (exact) mass is 330 g/mol. The number of hydrogen-bond donors (Lipinski definition) is 1. The number of esters is 1. The zero-order valence-electron chi connectivity index (χ0n) is 14.7. The number of ether oxygens (including phenoxy) is 1. The molecule has 4 bridgehead atoms. The summed E-state index contributed by atoms with van der Waals surface area (Å²) in [5.74, 6) is -1.35. The first-order valence-corrected chi connectivity index (χ1v) is 9.33. The molecule has 4 heteroatoms. The van der Waals surface area contributed by atoms with Crippen LogP contribution in [0.2, 0.25) is 0 Å². The lowest BCUT2D eigenvalue weighted by Gasteiger charge is -2.46. The molecule has 1 saturated heterocycles. The Kier molecular flexibility index (Phi) is 2.44. The van der Waals surface area contributed by atoms with Gasteiger partial charge in [0.05, 0.1) is 11.3 Å². The van der Waals surface area contributed by atoms with Crippen LogP contribution in [0, 0.1) is 34.0 Å². The molecule has 3 saturated carbocycles. The van der Waals surface area contributed by atoms with Gasteiger partial charge in [-0.05, 0) is 56.8 Å². The van der Waals surface area contributed by atoms with Crippen LogP contribution in [0.25, 0.3) is 0 Å². The van der Waals surface area contributed by atoms with Crippen LogP contribution in [0.5, 0.6) is 0 Å². The van der Waals surface area contributed by atoms with Crippen LogP contribution in [-0.2, 0) is 14.3 Å². The van der Waals surface area contributed by atoms with Crippen molar-refractivity contribution in [3.05, 3.63) is 11.6 Å². The molecule has 1 spiro atoms. The highest BCUT2D eigenvalue weighted by atomic mass is 16.6. The molecule has 5 aliphatic rings. The van der Waals surface area contributed by atoms with Gasteiger partial charge in [0.1, 0.15) is 5.60 Å². The van der Waals surface area contributed by atoms with Gasteiger partial charge in [0.25, 0.3) is 0 Å². The van der Waals surface area contributed by atoms with E-state index in [4.69, 9.17) is 4.74 Å². The normalized spacial score (nSPS) is 57.2. The second kappa shape index (κ2) is 3.91. The highest BCUT2D eigenvalue weighted by molar-refractivity contribution is 5.87. The smallest absolute Gasteiger partial charge is 0.316 e. The van der Waals surface area contributed by atoms with Crippen LogP contribution in [0.4, 0.5) is 0 Å². The van der Waals surface area contributed by atoms with E-state index < -0.39 is 22.9 Å². The van der Waals surface area contributed by atoms with Gasteiger partial charge in [0, 0.05) is 18.3 Å². The molecule has 0 aromatic heterocycles. The molecule has 1 heterocycles. The Bertz CT molecular complexity index is 710. The predicted molar refractivity (Wildman–Crippen MR) is 87.0 cm³/mol. The van der Waals surface area contributed by atoms with Crippen LogP contribution >= 0.6 is 0 Å². The summed E-state index contributed by atoms with van der Waals surface area (Å²) in [7, 11) is 0. The van der Waals surface area contributed by atoms with Crippen molar-refractivity contribution in [2.75, 3.05) is 0 Å². The number of carbonyl (C=O) groups excluding carboxylic acids is 1. The van der Waals surface area contributed by atoms with Gasteiger partial charge < -0.3 is 9.84 Å². The molecule has 0 amide bonds. The fraction of sp³-hybridized carbons (Fsp3) is 0.800. The zero-order chi connectivity index (χ0) is 17.1. The van der Waals surface area contributed by atoms with Crippen molar-refractivity contribution < 1.29 is 19.4 Å². The van der Waals surface area contributed by atoms with Gasteiger partial charge in [-0.15, -0.1) is 0 Å². The van der Waals surface area contributed by atoms with Crippen molar-refractivity contribution >= 4 is 11.9 Å². The quantitative estimate of drug-likeness (QED) is 0.590. The van der Waals surface area contributed by atoms with Crippen molar-refractivity contribution in [1.29, 1.82) is 0 Å². The molecular weight excluding hydrogens is 304 g/mol. The third-order valence-electron chi connectivity index (χ3n) is 8.89. The maximum Gasteiger partial charge on any atom is 0.316 e. The molecule has 0 aromatic carbocycles. The number of fused-ring (bicyclic) bond motifs is 1. The Balaban J connectivity index is 1.76. The van der Waals surface area contributed by atoms with E-state index in [1.807, 2.05) is 13.8 Å². The van der Waals surface area contributed by atoms with Crippen LogP contribution in [0.15, 0.2) is 11.6 Å². The largest absolute Gasteiger partial charge is 0.481 e. The van der Waals surface area contributed by atoms with Gasteiger partial charge in [0.15, 0.2) is 0 Å². The fourth-order valence-corrected chi connectivity index (χ4v) is 7.83. The maximum absolute atomic E-state index is 12.8. The van der Waals surface area contributed by atoms with Crippen LogP contribution in [-0.4, -0.2) is 22.6 Å². The number of carboxylic acid groups (broad SMARTS) is 1. The molecule has 4 nitrogen and oxygen atoms in total. The topological polar surface area (TPSA) is 63.6 Å². The maximum atomic E-state index is 12.8. The predicted octanol–water partition coefficient (Wildman–Crippen LogP) is 3.56. The van der Waals surface area contributed by atoms with Crippen LogP contribution in [0.3, 0.4) is 0 Å². The Hall–Kier alpha value is -1.32. The number of carboxylic acids is 1. The number of carbonyl (C=O) groups is 2. The minimum atomic E-state index is -0.758. The summed E-state index contributed by atoms with van der Waals surface area (Å²) >= 11 is 0. The number of rotatable bonds is 1. The lowest BCUT2D eigenvalue weighted by molar-refractivity contribution is -0.160. The van der Waals surface area contributed by atoms with E-state index >= 15 is 0 Å². The highest BCUT2D eigenvalue weighted by Crippen LogP contribution is 2.78. The summed E-state index contributed by atoms with van der Waals surface area (Å²) in [6.07, 6.45) is 8.10. The molecule has 7 atom stereocenters. The third kappa shape index (κ3) is 1.29. The van der Waals surface area contributed by atoms with E-state index in [1.54, 1.807) is 0 Å². The van der Waals surface area contributed by atoms with E-state index in [1.165, 1.54) is 0 Å². The second-order valence-electron chi connectivity index (χ2n) is 9.74. The SMILES string of the molecule is CC1=CC[C@]23OC(=O)[C@@]1(C)[C@H]2[C@H](C(=O)O)[C@@]12CC[C@@](C)(CC[C@H]13)C2. The lowest BCUT2D eigenvalue weighted by Crippen LogP contribution is -2.46. The molecule has 5 rings (SSSR count). The van der Waals surface area contributed by atoms with E-state index in [0.29, 0.717) is 6.42 Å². The van der Waals surface area contributed by atoms with Gasteiger partial charge in [-0.3, -0.25) is 9.59 Å². The first kappa shape index (κ1) is 15.0. The molecule has 1 aliphatic heterocycles. The Morgan fingerprint density at radius 3 is 2.75 bits per heavy atom. The molecule has 4 fully saturated rings. The minimum absolute atomic E-state index is 0.177. The molecule has 0 radical (unpaired) electrons. The third-order valence-corrected chi connectivity index (χ3v) is 8.89. The molecule has 0 aromatic rings. The Morgan fingerprint density at radius 2 is 2.04 bits per heavy atom. The van der Waals surface area contributed by atoms with E-state index in [9.17, 15) is 14.7 Å². The van der Waals surface area contributed by atoms with Crippen LogP contribution < -0.4 is 0 Å². The number of aliphatic carboxylic acids is 1. The van der Waals surface area contributed by atoms with Gasteiger partial charge in [-0.25, -0.2) is 0 Å². The van der Waals surface area contributed by atoms with Crippen molar-refractivity contribution in [2.24, 2.45) is 34.0 Å². The van der Waals surface area contributed by atoms with E-state index in [0.717, 1.165) is 37.7 Å². The zero-order valence-corrected chi connectivity index (χ0v) is 14.7. The summed E-state index contributed by atoms with van der Waals surface area (Å²) in [5, 5.41) is 10.3. The van der Waals surface area contributed by atoms with Crippen LogP contribution in [0.1, 0.15) is 59.3 Å². The van der Waals surface area contributed by atoms with Gasteiger partial charge in [-0.2, -0.15) is 0 Å². The lowest BCUT2D eigenvalue weighted by atomic mass is 9.60. The van der Waals surface area contributed by atoms with Crippen molar-refractivity contribution in [3.63, 3.8) is 0 Å². The Labute approximate surface area is 142 Å². The molecule has 130 valence electrons. The molecule has 4 aliphatic carbocycles. The summed E-state index contributed by atoms with van der Waals surface area (Å²) in [6.45, 7) is 6.24. The minimum Gasteiger partial charge on any atom is -0.481 e.